The number of hydrogen-bond donors (Lipinski definition) is 2. The Morgan fingerprint density at radius 2 is 1.79 bits per heavy atom. The van der Waals surface area contributed by atoms with Crippen LogP contribution in [0.15, 0.2) is 59.4 Å². The average molecular weight is 320 g/mol. The van der Waals surface area contributed by atoms with Gasteiger partial charge in [-0.25, -0.2) is 4.98 Å². The van der Waals surface area contributed by atoms with Crippen LogP contribution in [0.3, 0.4) is 0 Å². The zero-order valence-corrected chi connectivity index (χ0v) is 13.6. The molecule has 0 fully saturated rings. The highest BCUT2D eigenvalue weighted by Crippen LogP contribution is 2.26. The molecule has 0 amide bonds. The lowest BCUT2D eigenvalue weighted by Gasteiger charge is -2.09. The molecule has 24 heavy (non-hydrogen) atoms. The highest BCUT2D eigenvalue weighted by molar-refractivity contribution is 5.76. The molecule has 4 N–H and O–H groups in total. The normalized spacial score (nSPS) is 10.7. The Labute approximate surface area is 140 Å². The van der Waals surface area contributed by atoms with Crippen molar-refractivity contribution in [3.63, 3.8) is 0 Å². The standard InChI is InChI=1S/C19H20N4O/c1-23-18(24)12-15(22-19(23)21)10-9-13-5-4-6-14(11-13)16-7-2-3-8-17(16)20/h2-8,11-12H,9-10,20H2,1H3,(H2,21,22). The molecule has 1 aromatic heterocycles. The molecule has 1 heterocycles. The Bertz CT molecular complexity index is 931. The fourth-order valence-corrected chi connectivity index (χ4v) is 2.66. The molecule has 0 spiro atoms. The molecule has 0 saturated heterocycles. The summed E-state index contributed by atoms with van der Waals surface area (Å²) in [7, 11) is 1.61. The minimum Gasteiger partial charge on any atom is -0.398 e. The van der Waals surface area contributed by atoms with E-state index in [4.69, 9.17) is 11.5 Å². The first-order valence-corrected chi connectivity index (χ1v) is 7.81. The fourth-order valence-electron chi connectivity index (χ4n) is 2.66. The summed E-state index contributed by atoms with van der Waals surface area (Å²) < 4.78 is 1.34. The molecule has 0 unspecified atom stereocenters. The molecule has 5 heteroatoms. The number of rotatable bonds is 4. The van der Waals surface area contributed by atoms with Gasteiger partial charge in [0, 0.05) is 24.4 Å². The predicted octanol–water partition coefficient (Wildman–Crippen LogP) is 2.40. The molecule has 0 bridgehead atoms. The number of benzene rings is 2. The van der Waals surface area contributed by atoms with Gasteiger partial charge in [0.2, 0.25) is 5.95 Å². The maximum atomic E-state index is 11.8. The summed E-state index contributed by atoms with van der Waals surface area (Å²) in [4.78, 5) is 16.0. The van der Waals surface area contributed by atoms with Gasteiger partial charge in [0.15, 0.2) is 0 Å². The molecular weight excluding hydrogens is 300 g/mol. The van der Waals surface area contributed by atoms with Crippen molar-refractivity contribution < 1.29 is 0 Å². The van der Waals surface area contributed by atoms with Gasteiger partial charge in [0.1, 0.15) is 0 Å². The maximum absolute atomic E-state index is 11.8. The van der Waals surface area contributed by atoms with Crippen LogP contribution in [0.2, 0.25) is 0 Å². The number of nitrogen functional groups attached to an aromatic ring is 2. The number of para-hydroxylation sites is 1. The van der Waals surface area contributed by atoms with Gasteiger partial charge in [-0.05, 0) is 30.0 Å². The van der Waals surface area contributed by atoms with Gasteiger partial charge in [-0.3, -0.25) is 9.36 Å². The second-order valence-corrected chi connectivity index (χ2v) is 5.79. The minimum absolute atomic E-state index is 0.136. The van der Waals surface area contributed by atoms with E-state index in [-0.39, 0.29) is 11.5 Å². The van der Waals surface area contributed by atoms with Crippen LogP contribution in [0.4, 0.5) is 11.6 Å². The van der Waals surface area contributed by atoms with Crippen molar-refractivity contribution in [3.05, 3.63) is 76.2 Å². The molecule has 122 valence electrons. The average Bonchev–Trinajstić information content (AvgIpc) is 2.58. The van der Waals surface area contributed by atoms with Gasteiger partial charge < -0.3 is 11.5 Å². The minimum atomic E-state index is -0.136. The topological polar surface area (TPSA) is 86.9 Å². The Morgan fingerprint density at radius 1 is 1.00 bits per heavy atom. The number of nitrogens with two attached hydrogens (primary N) is 2. The van der Waals surface area contributed by atoms with Crippen LogP contribution in [0.1, 0.15) is 11.3 Å². The summed E-state index contributed by atoms with van der Waals surface area (Å²) in [5, 5.41) is 0. The highest BCUT2D eigenvalue weighted by atomic mass is 16.1. The van der Waals surface area contributed by atoms with Crippen molar-refractivity contribution in [2.24, 2.45) is 7.05 Å². The quantitative estimate of drug-likeness (QED) is 0.723. The van der Waals surface area contributed by atoms with Gasteiger partial charge >= 0.3 is 0 Å². The molecule has 5 nitrogen and oxygen atoms in total. The van der Waals surface area contributed by atoms with E-state index in [0.717, 1.165) is 28.8 Å². The fraction of sp³-hybridized carbons (Fsp3) is 0.158. The first-order chi connectivity index (χ1) is 11.5. The van der Waals surface area contributed by atoms with Crippen molar-refractivity contribution in [2.75, 3.05) is 11.5 Å². The number of nitrogens with zero attached hydrogens (tertiary/aromatic N) is 2. The van der Waals surface area contributed by atoms with E-state index in [1.165, 1.54) is 10.6 Å². The van der Waals surface area contributed by atoms with Crippen molar-refractivity contribution in [1.82, 2.24) is 9.55 Å². The summed E-state index contributed by atoms with van der Waals surface area (Å²) in [6.07, 6.45) is 1.44. The molecule has 2 aromatic carbocycles. The number of aryl methyl sites for hydroxylation is 2. The van der Waals surface area contributed by atoms with Crippen molar-refractivity contribution in [1.29, 1.82) is 0 Å². The van der Waals surface area contributed by atoms with E-state index < -0.39 is 0 Å². The maximum Gasteiger partial charge on any atom is 0.254 e. The van der Waals surface area contributed by atoms with Crippen LogP contribution in [0.5, 0.6) is 0 Å². The van der Waals surface area contributed by atoms with Crippen LogP contribution in [0.25, 0.3) is 11.1 Å². The van der Waals surface area contributed by atoms with Crippen LogP contribution in [-0.2, 0) is 19.9 Å². The lowest BCUT2D eigenvalue weighted by Crippen LogP contribution is -2.21. The largest absolute Gasteiger partial charge is 0.398 e. The summed E-state index contributed by atoms with van der Waals surface area (Å²) in [6, 6.07) is 17.6. The van der Waals surface area contributed by atoms with Gasteiger partial charge in [-0.1, -0.05) is 42.5 Å². The number of aromatic nitrogens is 2. The van der Waals surface area contributed by atoms with Crippen LogP contribution in [-0.4, -0.2) is 9.55 Å². The van der Waals surface area contributed by atoms with E-state index in [1.807, 2.05) is 36.4 Å². The van der Waals surface area contributed by atoms with E-state index in [0.29, 0.717) is 12.1 Å². The van der Waals surface area contributed by atoms with Gasteiger partial charge in [-0.15, -0.1) is 0 Å². The predicted molar refractivity (Wildman–Crippen MR) is 97.6 cm³/mol. The van der Waals surface area contributed by atoms with E-state index in [2.05, 4.69) is 17.1 Å². The smallest absolute Gasteiger partial charge is 0.254 e. The molecule has 0 atom stereocenters. The van der Waals surface area contributed by atoms with Crippen molar-refractivity contribution in [2.45, 2.75) is 12.8 Å². The Morgan fingerprint density at radius 3 is 2.54 bits per heavy atom. The lowest BCUT2D eigenvalue weighted by atomic mass is 9.99. The second-order valence-electron chi connectivity index (χ2n) is 5.79. The first-order valence-electron chi connectivity index (χ1n) is 7.81. The summed E-state index contributed by atoms with van der Waals surface area (Å²) in [6.45, 7) is 0. The molecule has 0 aliphatic heterocycles. The Kier molecular flexibility index (Phi) is 4.33. The SMILES string of the molecule is Cn1c(N)nc(CCc2cccc(-c3ccccc3N)c2)cc1=O. The van der Waals surface area contributed by atoms with Crippen LogP contribution in [0, 0.1) is 0 Å². The molecular formula is C19H20N4O. The van der Waals surface area contributed by atoms with Gasteiger partial charge in [-0.2, -0.15) is 0 Å². The highest BCUT2D eigenvalue weighted by Gasteiger charge is 2.05. The van der Waals surface area contributed by atoms with E-state index >= 15 is 0 Å². The lowest BCUT2D eigenvalue weighted by molar-refractivity contribution is 0.806. The number of hydrogen-bond acceptors (Lipinski definition) is 4. The zero-order chi connectivity index (χ0) is 17.1. The third-order valence-electron chi connectivity index (χ3n) is 4.09. The molecule has 3 aromatic rings. The Balaban J connectivity index is 1.81. The molecule has 0 aliphatic rings. The summed E-state index contributed by atoms with van der Waals surface area (Å²) in [5.41, 5.74) is 16.4. The van der Waals surface area contributed by atoms with Gasteiger partial charge in [0.05, 0.1) is 5.69 Å². The molecule has 0 radical (unpaired) electrons. The first kappa shape index (κ1) is 15.8. The van der Waals surface area contributed by atoms with Crippen molar-refractivity contribution in [3.8, 4) is 11.1 Å². The van der Waals surface area contributed by atoms with Crippen molar-refractivity contribution >= 4 is 11.6 Å². The molecule has 0 saturated carbocycles. The zero-order valence-electron chi connectivity index (χ0n) is 13.6. The second kappa shape index (κ2) is 6.58. The molecule has 0 aliphatic carbocycles. The Hall–Kier alpha value is -3.08. The monoisotopic (exact) mass is 320 g/mol. The van der Waals surface area contributed by atoms with Crippen LogP contribution < -0.4 is 17.0 Å². The summed E-state index contributed by atoms with van der Waals surface area (Å²) >= 11 is 0. The van der Waals surface area contributed by atoms with Crippen LogP contribution >= 0.6 is 0 Å². The number of anilines is 2. The third kappa shape index (κ3) is 3.30. The van der Waals surface area contributed by atoms with E-state index in [1.54, 1.807) is 7.05 Å². The van der Waals surface area contributed by atoms with E-state index in [9.17, 15) is 4.79 Å². The van der Waals surface area contributed by atoms with Gasteiger partial charge in [0.25, 0.3) is 5.56 Å². The summed E-state index contributed by atoms with van der Waals surface area (Å²) in [5.74, 6) is 0.239. The molecule has 3 rings (SSSR count). The third-order valence-corrected chi connectivity index (χ3v) is 4.09.